The highest BCUT2D eigenvalue weighted by Crippen LogP contribution is 2.18. The molecule has 0 saturated heterocycles. The Kier molecular flexibility index (Phi) is 11.6. The Morgan fingerprint density at radius 2 is 0.905 bits per heavy atom. The molecule has 2 nitrogen and oxygen atoms in total. The van der Waals surface area contributed by atoms with Crippen LogP contribution >= 0.6 is 0 Å². The van der Waals surface area contributed by atoms with E-state index in [0.29, 0.717) is 0 Å². The Morgan fingerprint density at radius 1 is 0.619 bits per heavy atom. The molecule has 0 atom stereocenters. The SMILES string of the molecule is CC(=O)OC1CCCCCCCCCCCCCCCC1. The zero-order valence-electron chi connectivity index (χ0n) is 14.2. The molecule has 0 aromatic rings. The van der Waals surface area contributed by atoms with E-state index >= 15 is 0 Å². The highest BCUT2D eigenvalue weighted by atomic mass is 16.5. The number of carbonyl (C=O) groups excluding carboxylic acids is 1. The van der Waals surface area contributed by atoms with Gasteiger partial charge in [-0.1, -0.05) is 77.0 Å². The summed E-state index contributed by atoms with van der Waals surface area (Å²) in [6.45, 7) is 1.54. The number of hydrogen-bond donors (Lipinski definition) is 0. The molecule has 0 aliphatic heterocycles. The van der Waals surface area contributed by atoms with E-state index in [9.17, 15) is 4.79 Å². The number of rotatable bonds is 1. The van der Waals surface area contributed by atoms with Crippen LogP contribution in [0.1, 0.15) is 110 Å². The predicted octanol–water partition coefficient (Wildman–Crippen LogP) is 6.17. The molecule has 1 aliphatic carbocycles. The van der Waals surface area contributed by atoms with Gasteiger partial charge in [-0.2, -0.15) is 0 Å². The molecular weight excluding hydrogens is 260 g/mol. The number of hydrogen-bond acceptors (Lipinski definition) is 2. The van der Waals surface area contributed by atoms with Gasteiger partial charge in [0.25, 0.3) is 0 Å². The van der Waals surface area contributed by atoms with Crippen molar-refractivity contribution in [2.24, 2.45) is 0 Å². The third-order valence-corrected chi connectivity index (χ3v) is 4.63. The molecule has 0 heterocycles. The topological polar surface area (TPSA) is 26.3 Å². The molecular formula is C19H36O2. The van der Waals surface area contributed by atoms with Gasteiger partial charge < -0.3 is 4.74 Å². The summed E-state index contributed by atoms with van der Waals surface area (Å²) < 4.78 is 5.48. The highest BCUT2D eigenvalue weighted by molar-refractivity contribution is 5.66. The Hall–Kier alpha value is -0.530. The molecule has 0 aromatic heterocycles. The van der Waals surface area contributed by atoms with Gasteiger partial charge in [-0.25, -0.2) is 0 Å². The van der Waals surface area contributed by atoms with E-state index in [0.717, 1.165) is 12.8 Å². The van der Waals surface area contributed by atoms with Crippen molar-refractivity contribution in [3.8, 4) is 0 Å². The summed E-state index contributed by atoms with van der Waals surface area (Å²) in [6, 6.07) is 0. The Balaban J connectivity index is 2.26. The van der Waals surface area contributed by atoms with Crippen molar-refractivity contribution in [2.45, 2.75) is 116 Å². The van der Waals surface area contributed by atoms with Crippen LogP contribution in [0.3, 0.4) is 0 Å². The van der Waals surface area contributed by atoms with Crippen LogP contribution in [0, 0.1) is 0 Å². The zero-order valence-corrected chi connectivity index (χ0v) is 14.2. The van der Waals surface area contributed by atoms with Crippen molar-refractivity contribution in [1.82, 2.24) is 0 Å². The van der Waals surface area contributed by atoms with E-state index in [2.05, 4.69) is 0 Å². The van der Waals surface area contributed by atoms with Crippen LogP contribution in [0.5, 0.6) is 0 Å². The van der Waals surface area contributed by atoms with E-state index in [1.54, 1.807) is 6.92 Å². The van der Waals surface area contributed by atoms with E-state index in [4.69, 9.17) is 4.74 Å². The van der Waals surface area contributed by atoms with Crippen LogP contribution in [0.4, 0.5) is 0 Å². The van der Waals surface area contributed by atoms with Gasteiger partial charge in [-0.3, -0.25) is 4.79 Å². The quantitative estimate of drug-likeness (QED) is 0.540. The lowest BCUT2D eigenvalue weighted by Gasteiger charge is -2.17. The monoisotopic (exact) mass is 296 g/mol. The van der Waals surface area contributed by atoms with Crippen molar-refractivity contribution < 1.29 is 9.53 Å². The molecule has 124 valence electrons. The van der Waals surface area contributed by atoms with Crippen LogP contribution in [0.25, 0.3) is 0 Å². The summed E-state index contributed by atoms with van der Waals surface area (Å²) in [5.41, 5.74) is 0. The molecule has 1 aliphatic rings. The van der Waals surface area contributed by atoms with Crippen molar-refractivity contribution in [3.63, 3.8) is 0 Å². The summed E-state index contributed by atoms with van der Waals surface area (Å²) in [5, 5.41) is 0. The lowest BCUT2D eigenvalue weighted by Crippen LogP contribution is -2.16. The molecule has 0 spiro atoms. The van der Waals surface area contributed by atoms with Crippen molar-refractivity contribution >= 4 is 5.97 Å². The number of carbonyl (C=O) groups is 1. The average Bonchev–Trinajstić information content (AvgIpc) is 2.45. The largest absolute Gasteiger partial charge is 0.463 e. The van der Waals surface area contributed by atoms with Crippen LogP contribution in [-0.4, -0.2) is 12.1 Å². The summed E-state index contributed by atoms with van der Waals surface area (Å²) in [7, 11) is 0. The first-order valence-corrected chi connectivity index (χ1v) is 9.46. The van der Waals surface area contributed by atoms with Crippen molar-refractivity contribution in [2.75, 3.05) is 0 Å². The second kappa shape index (κ2) is 13.2. The average molecular weight is 296 g/mol. The first-order chi connectivity index (χ1) is 10.3. The normalized spacial score (nSPS) is 22.3. The molecule has 1 fully saturated rings. The number of esters is 1. The maximum atomic E-state index is 11.2. The lowest BCUT2D eigenvalue weighted by molar-refractivity contribution is -0.147. The predicted molar refractivity (Wildman–Crippen MR) is 89.4 cm³/mol. The zero-order chi connectivity index (χ0) is 15.2. The minimum absolute atomic E-state index is 0.106. The fourth-order valence-corrected chi connectivity index (χ4v) is 3.36. The van der Waals surface area contributed by atoms with Crippen LogP contribution < -0.4 is 0 Å². The van der Waals surface area contributed by atoms with Crippen molar-refractivity contribution in [3.05, 3.63) is 0 Å². The first-order valence-electron chi connectivity index (χ1n) is 9.46. The maximum absolute atomic E-state index is 11.2. The summed E-state index contributed by atoms with van der Waals surface area (Å²) in [4.78, 5) is 11.2. The molecule has 21 heavy (non-hydrogen) atoms. The second-order valence-electron chi connectivity index (χ2n) is 6.76. The van der Waals surface area contributed by atoms with E-state index in [1.807, 2.05) is 0 Å². The first kappa shape index (κ1) is 18.5. The molecule has 2 heteroatoms. The molecule has 0 N–H and O–H groups in total. The summed E-state index contributed by atoms with van der Waals surface area (Å²) in [5.74, 6) is -0.106. The highest BCUT2D eigenvalue weighted by Gasteiger charge is 2.11. The molecule has 1 rings (SSSR count). The molecule has 0 bridgehead atoms. The Labute approximate surface area is 132 Å². The van der Waals surface area contributed by atoms with E-state index in [-0.39, 0.29) is 12.1 Å². The molecule has 1 saturated carbocycles. The minimum Gasteiger partial charge on any atom is -0.463 e. The van der Waals surface area contributed by atoms with E-state index < -0.39 is 0 Å². The molecule has 0 unspecified atom stereocenters. The number of ether oxygens (including phenoxy) is 1. The Bertz CT molecular complexity index is 232. The van der Waals surface area contributed by atoms with Crippen LogP contribution in [0.15, 0.2) is 0 Å². The molecule has 0 aromatic carbocycles. The van der Waals surface area contributed by atoms with Crippen LogP contribution in [-0.2, 0) is 9.53 Å². The molecule has 0 radical (unpaired) electrons. The van der Waals surface area contributed by atoms with Crippen LogP contribution in [0.2, 0.25) is 0 Å². The third-order valence-electron chi connectivity index (χ3n) is 4.63. The Morgan fingerprint density at radius 3 is 1.19 bits per heavy atom. The van der Waals surface area contributed by atoms with E-state index in [1.165, 1.54) is 89.9 Å². The lowest BCUT2D eigenvalue weighted by atomic mass is 10.0. The van der Waals surface area contributed by atoms with Crippen molar-refractivity contribution in [1.29, 1.82) is 0 Å². The fraction of sp³-hybridized carbons (Fsp3) is 0.947. The summed E-state index contributed by atoms with van der Waals surface area (Å²) >= 11 is 0. The standard InChI is InChI=1S/C19H36O2/c1-18(20)21-19-16-14-12-10-8-6-4-2-3-5-7-9-11-13-15-17-19/h19H,2-17H2,1H3. The van der Waals surface area contributed by atoms with Gasteiger partial charge >= 0.3 is 5.97 Å². The second-order valence-corrected chi connectivity index (χ2v) is 6.76. The fourth-order valence-electron chi connectivity index (χ4n) is 3.36. The van der Waals surface area contributed by atoms with Gasteiger partial charge in [0.1, 0.15) is 6.10 Å². The van der Waals surface area contributed by atoms with Gasteiger partial charge in [-0.15, -0.1) is 0 Å². The third kappa shape index (κ3) is 11.8. The molecule has 0 amide bonds. The van der Waals surface area contributed by atoms with Gasteiger partial charge in [0.15, 0.2) is 0 Å². The smallest absolute Gasteiger partial charge is 0.302 e. The minimum atomic E-state index is -0.106. The van der Waals surface area contributed by atoms with Gasteiger partial charge in [-0.05, 0) is 25.7 Å². The van der Waals surface area contributed by atoms with Gasteiger partial charge in [0.05, 0.1) is 0 Å². The summed E-state index contributed by atoms with van der Waals surface area (Å²) in [6.07, 6.45) is 21.4. The van der Waals surface area contributed by atoms with Gasteiger partial charge in [0, 0.05) is 6.92 Å². The van der Waals surface area contributed by atoms with Gasteiger partial charge in [0.2, 0.25) is 0 Å². The maximum Gasteiger partial charge on any atom is 0.302 e.